The number of ether oxygens (including phenoxy) is 2. The molecule has 0 atom stereocenters. The molecule has 8 heteroatoms. The molecule has 2 aliphatic heterocycles. The van der Waals surface area contributed by atoms with Crippen molar-refractivity contribution in [3.8, 4) is 11.5 Å². The molecule has 0 N–H and O–H groups in total. The molecular formula is C25H14N2O6. The van der Waals surface area contributed by atoms with E-state index in [1.54, 1.807) is 24.3 Å². The summed E-state index contributed by atoms with van der Waals surface area (Å²) in [5.41, 5.74) is 1.68. The van der Waals surface area contributed by atoms with Crippen LogP contribution in [0.5, 0.6) is 11.5 Å². The van der Waals surface area contributed by atoms with Gasteiger partial charge in [-0.2, -0.15) is 0 Å². The number of non-ortho nitro benzene ring substituents is 2. The molecule has 4 aromatic rings. The third kappa shape index (κ3) is 2.92. The van der Waals surface area contributed by atoms with Crippen molar-refractivity contribution in [2.24, 2.45) is 0 Å². The van der Waals surface area contributed by atoms with Crippen molar-refractivity contribution in [3.05, 3.63) is 104 Å². The predicted molar refractivity (Wildman–Crippen MR) is 123 cm³/mol. The standard InChI is InChI=1S/C25H14N2O6/c28-26(29)19-5-7-21-17(13-19)3-1-15-9-11-25(32-23(15)21)12-10-16-2-4-18-14-20(27(30)31)6-8-22(18)24(16)33-25/h1-14H. The number of hydrogen-bond donors (Lipinski definition) is 0. The van der Waals surface area contributed by atoms with Crippen molar-refractivity contribution in [2.75, 3.05) is 0 Å². The third-order valence-electron chi connectivity index (χ3n) is 5.90. The van der Waals surface area contributed by atoms with Gasteiger partial charge < -0.3 is 9.47 Å². The maximum atomic E-state index is 11.2. The molecule has 0 saturated heterocycles. The van der Waals surface area contributed by atoms with Crippen LogP contribution < -0.4 is 9.47 Å². The fraction of sp³-hybridized carbons (Fsp3) is 0.0400. The van der Waals surface area contributed by atoms with Crippen LogP contribution in [0.1, 0.15) is 11.1 Å². The highest BCUT2D eigenvalue weighted by Crippen LogP contribution is 2.44. The Morgan fingerprint density at radius 2 is 1.09 bits per heavy atom. The van der Waals surface area contributed by atoms with Crippen molar-refractivity contribution in [3.63, 3.8) is 0 Å². The van der Waals surface area contributed by atoms with Crippen LogP contribution in [0, 0.1) is 20.2 Å². The molecule has 1 spiro atoms. The Hall–Kier alpha value is -4.72. The molecule has 0 aromatic heterocycles. The van der Waals surface area contributed by atoms with Gasteiger partial charge in [0.15, 0.2) is 0 Å². The number of fused-ring (bicyclic) bond motifs is 6. The van der Waals surface area contributed by atoms with E-state index in [0.717, 1.165) is 21.9 Å². The molecular weight excluding hydrogens is 424 g/mol. The van der Waals surface area contributed by atoms with Crippen LogP contribution in [-0.4, -0.2) is 15.6 Å². The van der Waals surface area contributed by atoms with Crippen molar-refractivity contribution in [1.82, 2.24) is 0 Å². The number of benzene rings is 4. The summed E-state index contributed by atoms with van der Waals surface area (Å²) in [5, 5.41) is 25.2. The highest BCUT2D eigenvalue weighted by Gasteiger charge is 2.37. The number of nitro benzene ring substituents is 2. The van der Waals surface area contributed by atoms with E-state index in [4.69, 9.17) is 9.47 Å². The van der Waals surface area contributed by atoms with Crippen LogP contribution in [0.4, 0.5) is 11.4 Å². The molecule has 160 valence electrons. The normalized spacial score (nSPS) is 15.0. The van der Waals surface area contributed by atoms with Crippen molar-refractivity contribution >= 4 is 45.1 Å². The van der Waals surface area contributed by atoms with Gasteiger partial charge >= 0.3 is 0 Å². The highest BCUT2D eigenvalue weighted by atomic mass is 16.7. The molecule has 2 heterocycles. The number of hydrogen-bond acceptors (Lipinski definition) is 6. The third-order valence-corrected chi connectivity index (χ3v) is 5.90. The summed E-state index contributed by atoms with van der Waals surface area (Å²) in [7, 11) is 0. The van der Waals surface area contributed by atoms with Gasteiger partial charge in [0.2, 0.25) is 0 Å². The summed E-state index contributed by atoms with van der Waals surface area (Å²) in [6.07, 6.45) is 7.39. The minimum atomic E-state index is -1.22. The largest absolute Gasteiger partial charge is 0.444 e. The zero-order valence-corrected chi connectivity index (χ0v) is 16.9. The summed E-state index contributed by atoms with van der Waals surface area (Å²) < 4.78 is 12.7. The van der Waals surface area contributed by atoms with E-state index >= 15 is 0 Å². The van der Waals surface area contributed by atoms with Crippen LogP contribution >= 0.6 is 0 Å². The topological polar surface area (TPSA) is 105 Å². The van der Waals surface area contributed by atoms with Crippen LogP contribution in [0.2, 0.25) is 0 Å². The van der Waals surface area contributed by atoms with E-state index < -0.39 is 15.6 Å². The second-order valence-electron chi connectivity index (χ2n) is 7.89. The Kier molecular flexibility index (Phi) is 3.82. The number of rotatable bonds is 2. The lowest BCUT2D eigenvalue weighted by Gasteiger charge is -2.36. The summed E-state index contributed by atoms with van der Waals surface area (Å²) in [6, 6.07) is 16.6. The summed E-state index contributed by atoms with van der Waals surface area (Å²) in [6.45, 7) is 0. The van der Waals surface area contributed by atoms with Gasteiger partial charge in [0, 0.05) is 58.3 Å². The van der Waals surface area contributed by atoms with Gasteiger partial charge in [0.1, 0.15) is 11.5 Å². The molecule has 0 fully saturated rings. The predicted octanol–water partition coefficient (Wildman–Crippen LogP) is 6.02. The fourth-order valence-electron chi connectivity index (χ4n) is 4.27. The summed E-state index contributed by atoms with van der Waals surface area (Å²) >= 11 is 0. The van der Waals surface area contributed by atoms with E-state index in [-0.39, 0.29) is 11.4 Å². The molecule has 0 radical (unpaired) electrons. The Labute approximate surface area is 186 Å². The summed E-state index contributed by atoms with van der Waals surface area (Å²) in [5.74, 6) is -0.0886. The van der Waals surface area contributed by atoms with Gasteiger partial charge in [-0.25, -0.2) is 0 Å². The Balaban J connectivity index is 1.45. The molecule has 0 aliphatic carbocycles. The summed E-state index contributed by atoms with van der Waals surface area (Å²) in [4.78, 5) is 21.4. The second-order valence-corrected chi connectivity index (χ2v) is 7.89. The Bertz CT molecular complexity index is 1470. The first kappa shape index (κ1) is 19.0. The zero-order valence-electron chi connectivity index (χ0n) is 16.9. The average Bonchev–Trinajstić information content (AvgIpc) is 2.83. The monoisotopic (exact) mass is 438 g/mol. The lowest BCUT2D eigenvalue weighted by atomic mass is 9.98. The van der Waals surface area contributed by atoms with Crippen LogP contribution in [0.15, 0.2) is 72.8 Å². The van der Waals surface area contributed by atoms with E-state index in [1.165, 1.54) is 24.3 Å². The van der Waals surface area contributed by atoms with Crippen LogP contribution in [0.25, 0.3) is 33.7 Å². The van der Waals surface area contributed by atoms with E-state index in [1.807, 2.05) is 36.4 Å². The first-order chi connectivity index (χ1) is 15.9. The average molecular weight is 438 g/mol. The van der Waals surface area contributed by atoms with E-state index in [2.05, 4.69) is 0 Å². The number of nitrogens with zero attached hydrogens (tertiary/aromatic N) is 2. The molecule has 4 aromatic carbocycles. The van der Waals surface area contributed by atoms with Gasteiger partial charge in [-0.3, -0.25) is 20.2 Å². The molecule has 0 bridgehead atoms. The minimum Gasteiger partial charge on any atom is -0.444 e. The molecule has 8 nitrogen and oxygen atoms in total. The lowest BCUT2D eigenvalue weighted by molar-refractivity contribution is -0.384. The second kappa shape index (κ2) is 6.64. The Morgan fingerprint density at radius 3 is 1.52 bits per heavy atom. The molecule has 6 rings (SSSR count). The molecule has 2 aliphatic rings. The van der Waals surface area contributed by atoms with Crippen molar-refractivity contribution < 1.29 is 19.3 Å². The van der Waals surface area contributed by atoms with E-state index in [0.29, 0.717) is 22.3 Å². The van der Waals surface area contributed by atoms with Gasteiger partial charge in [-0.1, -0.05) is 24.3 Å². The minimum absolute atomic E-state index is 0.00631. The van der Waals surface area contributed by atoms with Crippen molar-refractivity contribution in [2.45, 2.75) is 5.79 Å². The molecule has 0 saturated carbocycles. The zero-order chi connectivity index (χ0) is 22.7. The van der Waals surface area contributed by atoms with Crippen LogP contribution in [0.3, 0.4) is 0 Å². The maximum Gasteiger partial charge on any atom is 0.291 e. The fourth-order valence-corrected chi connectivity index (χ4v) is 4.27. The van der Waals surface area contributed by atoms with Crippen molar-refractivity contribution in [1.29, 1.82) is 0 Å². The quantitative estimate of drug-likeness (QED) is 0.280. The van der Waals surface area contributed by atoms with Gasteiger partial charge in [-0.05, 0) is 35.1 Å². The van der Waals surface area contributed by atoms with Gasteiger partial charge in [-0.15, -0.1) is 0 Å². The molecule has 0 unspecified atom stereocenters. The first-order valence-corrected chi connectivity index (χ1v) is 10.1. The first-order valence-electron chi connectivity index (χ1n) is 10.1. The Morgan fingerprint density at radius 1 is 0.636 bits per heavy atom. The maximum absolute atomic E-state index is 11.2. The molecule has 33 heavy (non-hydrogen) atoms. The van der Waals surface area contributed by atoms with E-state index in [9.17, 15) is 20.2 Å². The van der Waals surface area contributed by atoms with Crippen LogP contribution in [-0.2, 0) is 0 Å². The van der Waals surface area contributed by atoms with Gasteiger partial charge in [0.05, 0.1) is 9.85 Å². The van der Waals surface area contributed by atoms with Gasteiger partial charge in [0.25, 0.3) is 17.2 Å². The smallest absolute Gasteiger partial charge is 0.291 e. The molecule has 0 amide bonds. The lowest BCUT2D eigenvalue weighted by Crippen LogP contribution is -2.41. The highest BCUT2D eigenvalue weighted by molar-refractivity contribution is 5.95. The number of nitro groups is 2. The SMILES string of the molecule is O=[N+]([O-])c1ccc2c3c(ccc2c1)C=CC1(C=Cc2ccc4cc([N+](=O)[O-])ccc4c2O1)O3.